The molecule has 108 valence electrons. The lowest BCUT2D eigenvalue weighted by molar-refractivity contribution is 0.846. The van der Waals surface area contributed by atoms with E-state index in [-0.39, 0.29) is 0 Å². The van der Waals surface area contributed by atoms with Crippen LogP contribution in [-0.4, -0.2) is 22.0 Å². The van der Waals surface area contributed by atoms with Crippen LogP contribution in [0.3, 0.4) is 0 Å². The fraction of sp³-hybridized carbons (Fsp3) is 0.500. The van der Waals surface area contributed by atoms with Crippen molar-refractivity contribution >= 4 is 23.0 Å². The normalized spacial score (nSPS) is 10.8. The van der Waals surface area contributed by atoms with Gasteiger partial charge in [-0.25, -0.2) is 15.0 Å². The molecule has 0 saturated carbocycles. The molecule has 0 aliphatic carbocycles. The molecule has 0 spiro atoms. The summed E-state index contributed by atoms with van der Waals surface area (Å²) in [5.41, 5.74) is 1.11. The summed E-state index contributed by atoms with van der Waals surface area (Å²) in [6, 6.07) is 0. The Balaban J connectivity index is 2.16. The monoisotopic (exact) mass is 291 g/mol. The minimum absolute atomic E-state index is 0.351. The number of aromatic nitrogens is 3. The molecule has 0 saturated heterocycles. The topological polar surface area (TPSA) is 62.7 Å². The fourth-order valence-electron chi connectivity index (χ4n) is 2.04. The highest BCUT2D eigenvalue weighted by Gasteiger charge is 2.14. The number of thiazole rings is 1. The third-order valence-corrected chi connectivity index (χ3v) is 4.20. The molecule has 0 aliphatic rings. The molecule has 0 unspecified atom stereocenters. The van der Waals surface area contributed by atoms with Crippen LogP contribution >= 0.6 is 11.3 Å². The summed E-state index contributed by atoms with van der Waals surface area (Å²) in [4.78, 5) is 14.4. The van der Waals surface area contributed by atoms with E-state index >= 15 is 0 Å². The zero-order valence-corrected chi connectivity index (χ0v) is 13.2. The molecule has 0 amide bonds. The SMILES string of the molecule is CCc1cnc(CNc2ncnc(NC)c2C(C)C)s1. The van der Waals surface area contributed by atoms with Gasteiger partial charge in [-0.2, -0.15) is 0 Å². The van der Waals surface area contributed by atoms with Crippen LogP contribution in [0.2, 0.25) is 0 Å². The summed E-state index contributed by atoms with van der Waals surface area (Å²) in [5.74, 6) is 2.11. The summed E-state index contributed by atoms with van der Waals surface area (Å²) in [5, 5.41) is 7.59. The summed E-state index contributed by atoms with van der Waals surface area (Å²) in [6.45, 7) is 7.13. The lowest BCUT2D eigenvalue weighted by Crippen LogP contribution is -2.09. The Labute approximate surface area is 123 Å². The molecule has 2 aromatic rings. The highest BCUT2D eigenvalue weighted by atomic mass is 32.1. The predicted octanol–water partition coefficient (Wildman–Crippen LogP) is 3.27. The average molecular weight is 291 g/mol. The van der Waals surface area contributed by atoms with Crippen LogP contribution in [0, 0.1) is 0 Å². The van der Waals surface area contributed by atoms with Gasteiger partial charge in [0.2, 0.25) is 0 Å². The molecule has 2 heterocycles. The summed E-state index contributed by atoms with van der Waals surface area (Å²) >= 11 is 1.74. The van der Waals surface area contributed by atoms with Gasteiger partial charge in [0.15, 0.2) is 0 Å². The number of aryl methyl sites for hydroxylation is 1. The van der Waals surface area contributed by atoms with Gasteiger partial charge in [-0.1, -0.05) is 20.8 Å². The molecular weight excluding hydrogens is 270 g/mol. The van der Waals surface area contributed by atoms with Crippen molar-refractivity contribution in [3.05, 3.63) is 28.0 Å². The second-order valence-corrected chi connectivity index (χ2v) is 6.02. The highest BCUT2D eigenvalue weighted by Crippen LogP contribution is 2.28. The minimum Gasteiger partial charge on any atom is -0.373 e. The van der Waals surface area contributed by atoms with Crippen molar-refractivity contribution in [1.82, 2.24) is 15.0 Å². The lowest BCUT2D eigenvalue weighted by Gasteiger charge is -2.16. The van der Waals surface area contributed by atoms with E-state index in [1.54, 1.807) is 17.7 Å². The maximum Gasteiger partial charge on any atom is 0.135 e. The number of rotatable bonds is 6. The second kappa shape index (κ2) is 6.65. The number of nitrogens with zero attached hydrogens (tertiary/aromatic N) is 3. The van der Waals surface area contributed by atoms with Crippen molar-refractivity contribution in [1.29, 1.82) is 0 Å². The Hall–Kier alpha value is -1.69. The quantitative estimate of drug-likeness (QED) is 0.855. The number of nitrogens with one attached hydrogen (secondary N) is 2. The van der Waals surface area contributed by atoms with Crippen molar-refractivity contribution in [2.75, 3.05) is 17.7 Å². The second-order valence-electron chi connectivity index (χ2n) is 4.82. The van der Waals surface area contributed by atoms with Crippen LogP contribution in [-0.2, 0) is 13.0 Å². The molecule has 20 heavy (non-hydrogen) atoms. The fourth-order valence-corrected chi connectivity index (χ4v) is 2.84. The Bertz CT molecular complexity index is 564. The molecule has 0 atom stereocenters. The van der Waals surface area contributed by atoms with Crippen LogP contribution < -0.4 is 10.6 Å². The van der Waals surface area contributed by atoms with Crippen molar-refractivity contribution in [2.24, 2.45) is 0 Å². The minimum atomic E-state index is 0.351. The summed E-state index contributed by atoms with van der Waals surface area (Å²) in [7, 11) is 1.88. The standard InChI is InChI=1S/C14H21N5S/c1-5-10-6-16-11(20-10)7-17-14-12(9(2)3)13(15-4)18-8-19-14/h6,8-9H,5,7H2,1-4H3,(H2,15,17,18,19). The van der Waals surface area contributed by atoms with Crippen LogP contribution in [0.1, 0.15) is 42.1 Å². The molecule has 0 radical (unpaired) electrons. The maximum absolute atomic E-state index is 4.42. The van der Waals surface area contributed by atoms with Gasteiger partial charge in [-0.15, -0.1) is 11.3 Å². The number of anilines is 2. The first-order valence-electron chi connectivity index (χ1n) is 6.85. The number of hydrogen-bond donors (Lipinski definition) is 2. The van der Waals surface area contributed by atoms with Crippen LogP contribution in [0.25, 0.3) is 0 Å². The summed E-state index contributed by atoms with van der Waals surface area (Å²) < 4.78 is 0. The van der Waals surface area contributed by atoms with Gasteiger partial charge in [0, 0.05) is 23.7 Å². The lowest BCUT2D eigenvalue weighted by atomic mass is 10.0. The van der Waals surface area contributed by atoms with Crippen molar-refractivity contribution in [2.45, 2.75) is 39.7 Å². The first-order chi connectivity index (χ1) is 9.65. The Morgan fingerprint density at radius 2 is 1.95 bits per heavy atom. The molecule has 2 aromatic heterocycles. The largest absolute Gasteiger partial charge is 0.373 e. The Morgan fingerprint density at radius 3 is 2.55 bits per heavy atom. The van der Waals surface area contributed by atoms with E-state index in [0.717, 1.165) is 28.6 Å². The molecule has 2 N–H and O–H groups in total. The third kappa shape index (κ3) is 3.25. The van der Waals surface area contributed by atoms with Gasteiger partial charge in [0.1, 0.15) is 23.0 Å². The van der Waals surface area contributed by atoms with E-state index in [2.05, 4.69) is 46.4 Å². The van der Waals surface area contributed by atoms with Gasteiger partial charge in [0.05, 0.1) is 6.54 Å². The van der Waals surface area contributed by atoms with Gasteiger partial charge in [-0.05, 0) is 12.3 Å². The van der Waals surface area contributed by atoms with Crippen LogP contribution in [0.4, 0.5) is 11.6 Å². The maximum atomic E-state index is 4.42. The van der Waals surface area contributed by atoms with Crippen LogP contribution in [0.15, 0.2) is 12.5 Å². The van der Waals surface area contributed by atoms with Crippen LogP contribution in [0.5, 0.6) is 0 Å². The molecule has 6 heteroatoms. The molecule has 2 rings (SSSR count). The van der Waals surface area contributed by atoms with Crippen molar-refractivity contribution in [3.8, 4) is 0 Å². The predicted molar refractivity (Wildman–Crippen MR) is 84.5 cm³/mol. The zero-order chi connectivity index (χ0) is 14.5. The zero-order valence-electron chi connectivity index (χ0n) is 12.4. The molecule has 0 aromatic carbocycles. The van der Waals surface area contributed by atoms with E-state index in [9.17, 15) is 0 Å². The van der Waals surface area contributed by atoms with E-state index in [0.29, 0.717) is 12.5 Å². The highest BCUT2D eigenvalue weighted by molar-refractivity contribution is 7.11. The van der Waals surface area contributed by atoms with E-state index in [4.69, 9.17) is 0 Å². The van der Waals surface area contributed by atoms with E-state index in [1.165, 1.54) is 4.88 Å². The smallest absolute Gasteiger partial charge is 0.135 e. The Morgan fingerprint density at radius 1 is 1.20 bits per heavy atom. The Kier molecular flexibility index (Phi) is 4.89. The van der Waals surface area contributed by atoms with E-state index in [1.807, 2.05) is 13.2 Å². The van der Waals surface area contributed by atoms with Gasteiger partial charge in [-0.3, -0.25) is 0 Å². The van der Waals surface area contributed by atoms with E-state index < -0.39 is 0 Å². The molecule has 0 aliphatic heterocycles. The average Bonchev–Trinajstić information content (AvgIpc) is 2.92. The third-order valence-electron chi connectivity index (χ3n) is 3.06. The van der Waals surface area contributed by atoms with Crippen molar-refractivity contribution in [3.63, 3.8) is 0 Å². The number of hydrogen-bond acceptors (Lipinski definition) is 6. The van der Waals surface area contributed by atoms with Gasteiger partial charge >= 0.3 is 0 Å². The first-order valence-corrected chi connectivity index (χ1v) is 7.67. The molecule has 0 bridgehead atoms. The molecule has 0 fully saturated rings. The molecule has 5 nitrogen and oxygen atoms in total. The first kappa shape index (κ1) is 14.7. The van der Waals surface area contributed by atoms with Gasteiger partial charge in [0.25, 0.3) is 0 Å². The summed E-state index contributed by atoms with van der Waals surface area (Å²) in [6.07, 6.45) is 4.57. The van der Waals surface area contributed by atoms with Crippen molar-refractivity contribution < 1.29 is 0 Å². The molecular formula is C14H21N5S. The van der Waals surface area contributed by atoms with Gasteiger partial charge < -0.3 is 10.6 Å².